The lowest BCUT2D eigenvalue weighted by atomic mass is 10.1. The summed E-state index contributed by atoms with van der Waals surface area (Å²) in [6, 6.07) is 9.34. The van der Waals surface area contributed by atoms with Crippen molar-refractivity contribution in [3.8, 4) is 0 Å². The predicted molar refractivity (Wildman–Crippen MR) is 91.7 cm³/mol. The van der Waals surface area contributed by atoms with Crippen LogP contribution in [0.25, 0.3) is 0 Å². The van der Waals surface area contributed by atoms with Crippen molar-refractivity contribution >= 4 is 27.4 Å². The number of anilines is 1. The molecule has 0 radical (unpaired) electrons. The van der Waals surface area contributed by atoms with E-state index >= 15 is 0 Å². The van der Waals surface area contributed by atoms with Crippen molar-refractivity contribution in [3.63, 3.8) is 0 Å². The van der Waals surface area contributed by atoms with E-state index in [-0.39, 0.29) is 11.3 Å². The molecule has 0 spiro atoms. The Bertz CT molecular complexity index is 922. The van der Waals surface area contributed by atoms with Gasteiger partial charge < -0.3 is 5.32 Å². The number of carbonyl (C=O) groups excluding carboxylic acids is 2. The molecule has 132 valence electrons. The van der Waals surface area contributed by atoms with Gasteiger partial charge in [-0.25, -0.2) is 17.1 Å². The third kappa shape index (κ3) is 4.09. The van der Waals surface area contributed by atoms with Crippen LogP contribution in [0.2, 0.25) is 0 Å². The summed E-state index contributed by atoms with van der Waals surface area (Å²) in [5, 5.41) is 2.57. The molecule has 0 saturated heterocycles. The number of sulfonamides is 1. The van der Waals surface area contributed by atoms with Crippen molar-refractivity contribution in [2.45, 2.75) is 11.8 Å². The molecule has 0 fully saturated rings. The van der Waals surface area contributed by atoms with Crippen LogP contribution >= 0.6 is 0 Å². The molecule has 0 unspecified atom stereocenters. The Balaban J connectivity index is 2.30. The molecule has 0 aliphatic rings. The fraction of sp³-hybridized carbons (Fsp3) is 0.176. The number of ketones is 1. The highest BCUT2D eigenvalue weighted by Crippen LogP contribution is 2.20. The fourth-order valence-corrected chi connectivity index (χ4v) is 3.01. The maximum absolute atomic E-state index is 13.9. The smallest absolute Gasteiger partial charge is 0.255 e. The van der Waals surface area contributed by atoms with Gasteiger partial charge in [0.2, 0.25) is 10.0 Å². The minimum atomic E-state index is -4.01. The molecule has 0 atom stereocenters. The zero-order valence-corrected chi connectivity index (χ0v) is 14.7. The molecule has 0 saturated carbocycles. The summed E-state index contributed by atoms with van der Waals surface area (Å²) in [6.07, 6.45) is 0. The Kier molecular flexibility index (Phi) is 5.34. The third-order valence-corrected chi connectivity index (χ3v) is 5.33. The SMILES string of the molecule is CC(=O)c1ccc(NC(=O)c2ccc(F)c(S(=O)(=O)N(C)C)c2)cc1. The second-order valence-corrected chi connectivity index (χ2v) is 7.64. The highest BCUT2D eigenvalue weighted by atomic mass is 32.2. The summed E-state index contributed by atoms with van der Waals surface area (Å²) in [4.78, 5) is 22.9. The zero-order valence-electron chi connectivity index (χ0n) is 13.9. The van der Waals surface area contributed by atoms with Crippen LogP contribution < -0.4 is 5.32 Å². The number of benzene rings is 2. The van der Waals surface area contributed by atoms with Gasteiger partial charge in [0, 0.05) is 30.9 Å². The molecule has 2 aromatic rings. The van der Waals surface area contributed by atoms with Gasteiger partial charge in [0.05, 0.1) is 0 Å². The summed E-state index contributed by atoms with van der Waals surface area (Å²) in [5.41, 5.74) is 0.924. The van der Waals surface area contributed by atoms with Crippen LogP contribution in [0.5, 0.6) is 0 Å². The number of carbonyl (C=O) groups is 2. The van der Waals surface area contributed by atoms with Crippen molar-refractivity contribution in [2.75, 3.05) is 19.4 Å². The van der Waals surface area contributed by atoms with Crippen molar-refractivity contribution in [1.29, 1.82) is 0 Å². The topological polar surface area (TPSA) is 83.5 Å². The zero-order chi connectivity index (χ0) is 18.8. The van der Waals surface area contributed by atoms with E-state index in [1.165, 1.54) is 27.1 Å². The van der Waals surface area contributed by atoms with Gasteiger partial charge in [0.15, 0.2) is 5.78 Å². The van der Waals surface area contributed by atoms with Crippen LogP contribution in [-0.2, 0) is 10.0 Å². The van der Waals surface area contributed by atoms with E-state index in [0.29, 0.717) is 11.3 Å². The lowest BCUT2D eigenvalue weighted by Crippen LogP contribution is -2.24. The third-order valence-electron chi connectivity index (χ3n) is 3.50. The molecule has 6 nitrogen and oxygen atoms in total. The molecule has 25 heavy (non-hydrogen) atoms. The standard InChI is InChI=1S/C17H17FN2O4S/c1-11(21)12-4-7-14(8-5-12)19-17(22)13-6-9-15(18)16(10-13)25(23,24)20(2)3/h4-10H,1-3H3,(H,19,22). The number of hydrogen-bond acceptors (Lipinski definition) is 4. The largest absolute Gasteiger partial charge is 0.322 e. The van der Waals surface area contributed by atoms with E-state index < -0.39 is 26.6 Å². The molecule has 2 rings (SSSR count). The van der Waals surface area contributed by atoms with Crippen LogP contribution in [0, 0.1) is 5.82 Å². The van der Waals surface area contributed by atoms with Gasteiger partial charge in [-0.1, -0.05) is 0 Å². The molecule has 0 aliphatic heterocycles. The van der Waals surface area contributed by atoms with Gasteiger partial charge in [-0.3, -0.25) is 9.59 Å². The molecule has 2 aromatic carbocycles. The van der Waals surface area contributed by atoms with E-state index in [1.807, 2.05) is 0 Å². The summed E-state index contributed by atoms with van der Waals surface area (Å²) in [7, 11) is -1.46. The number of Topliss-reactive ketones (excluding diaryl/α,β-unsaturated/α-hetero) is 1. The number of amides is 1. The predicted octanol–water partition coefficient (Wildman–Crippen LogP) is 2.53. The first-order chi connectivity index (χ1) is 11.6. The maximum Gasteiger partial charge on any atom is 0.255 e. The Morgan fingerprint density at radius 3 is 2.08 bits per heavy atom. The molecule has 0 aromatic heterocycles. The lowest BCUT2D eigenvalue weighted by Gasteiger charge is -2.13. The number of rotatable bonds is 5. The monoisotopic (exact) mass is 364 g/mol. The van der Waals surface area contributed by atoms with Gasteiger partial charge in [-0.05, 0) is 49.4 Å². The molecule has 8 heteroatoms. The first kappa shape index (κ1) is 18.8. The van der Waals surface area contributed by atoms with E-state index in [4.69, 9.17) is 0 Å². The van der Waals surface area contributed by atoms with E-state index in [0.717, 1.165) is 16.4 Å². The van der Waals surface area contributed by atoms with Gasteiger partial charge in [0.1, 0.15) is 10.7 Å². The first-order valence-corrected chi connectivity index (χ1v) is 8.71. The quantitative estimate of drug-likeness (QED) is 0.827. The number of hydrogen-bond donors (Lipinski definition) is 1. The number of halogens is 1. The fourth-order valence-electron chi connectivity index (χ4n) is 2.03. The van der Waals surface area contributed by atoms with Crippen LogP contribution in [0.1, 0.15) is 27.6 Å². The van der Waals surface area contributed by atoms with E-state index in [1.54, 1.807) is 24.3 Å². The van der Waals surface area contributed by atoms with Crippen molar-refractivity contribution in [3.05, 3.63) is 59.4 Å². The highest BCUT2D eigenvalue weighted by Gasteiger charge is 2.23. The van der Waals surface area contributed by atoms with E-state index in [2.05, 4.69) is 5.32 Å². The van der Waals surface area contributed by atoms with Crippen LogP contribution in [-0.4, -0.2) is 38.5 Å². The maximum atomic E-state index is 13.9. The van der Waals surface area contributed by atoms with Crippen molar-refractivity contribution in [2.24, 2.45) is 0 Å². The van der Waals surface area contributed by atoms with Crippen LogP contribution in [0.3, 0.4) is 0 Å². The molecule has 0 bridgehead atoms. The van der Waals surface area contributed by atoms with Gasteiger partial charge in [-0.15, -0.1) is 0 Å². The first-order valence-electron chi connectivity index (χ1n) is 7.27. The highest BCUT2D eigenvalue weighted by molar-refractivity contribution is 7.89. The number of nitrogens with one attached hydrogen (secondary N) is 1. The Labute approximate surface area is 145 Å². The van der Waals surface area contributed by atoms with Crippen LogP contribution in [0.15, 0.2) is 47.4 Å². The minimum absolute atomic E-state index is 0.00234. The Morgan fingerprint density at radius 2 is 1.56 bits per heavy atom. The average molecular weight is 364 g/mol. The normalized spacial score (nSPS) is 11.4. The van der Waals surface area contributed by atoms with Crippen molar-refractivity contribution in [1.82, 2.24) is 4.31 Å². The molecular formula is C17H17FN2O4S. The van der Waals surface area contributed by atoms with Crippen molar-refractivity contribution < 1.29 is 22.4 Å². The molecule has 1 amide bonds. The summed E-state index contributed by atoms with van der Waals surface area (Å²) in [6.45, 7) is 1.43. The lowest BCUT2D eigenvalue weighted by molar-refractivity contribution is 0.101. The average Bonchev–Trinajstić information content (AvgIpc) is 2.55. The summed E-state index contributed by atoms with van der Waals surface area (Å²) in [5.74, 6) is -1.63. The van der Waals surface area contributed by atoms with Gasteiger partial charge in [0.25, 0.3) is 5.91 Å². The summed E-state index contributed by atoms with van der Waals surface area (Å²) < 4.78 is 39.0. The molecular weight excluding hydrogens is 347 g/mol. The second kappa shape index (κ2) is 7.12. The molecule has 0 aliphatic carbocycles. The van der Waals surface area contributed by atoms with Gasteiger partial charge in [-0.2, -0.15) is 0 Å². The molecule has 0 heterocycles. The molecule has 1 N–H and O–H groups in total. The van der Waals surface area contributed by atoms with Crippen LogP contribution in [0.4, 0.5) is 10.1 Å². The second-order valence-electron chi connectivity index (χ2n) is 5.52. The Hall–Kier alpha value is -2.58. The van der Waals surface area contributed by atoms with Gasteiger partial charge >= 0.3 is 0 Å². The van der Waals surface area contributed by atoms with E-state index in [9.17, 15) is 22.4 Å². The number of nitrogens with zero attached hydrogens (tertiary/aromatic N) is 1. The summed E-state index contributed by atoms with van der Waals surface area (Å²) >= 11 is 0. The minimum Gasteiger partial charge on any atom is -0.322 e. The Morgan fingerprint density at radius 1 is 1.00 bits per heavy atom.